The summed E-state index contributed by atoms with van der Waals surface area (Å²) in [6.07, 6.45) is -3.22. The highest BCUT2D eigenvalue weighted by Gasteiger charge is 2.59. The molecule has 1 aliphatic rings. The van der Waals surface area contributed by atoms with Gasteiger partial charge in [0.2, 0.25) is 0 Å². The van der Waals surface area contributed by atoms with Crippen molar-refractivity contribution in [2.24, 2.45) is 0 Å². The highest BCUT2D eigenvalue weighted by molar-refractivity contribution is 5.85. The van der Waals surface area contributed by atoms with Crippen molar-refractivity contribution in [3.63, 3.8) is 0 Å². The van der Waals surface area contributed by atoms with Crippen LogP contribution < -0.4 is 4.74 Å². The second kappa shape index (κ2) is 4.04. The van der Waals surface area contributed by atoms with Crippen LogP contribution in [0.2, 0.25) is 0 Å². The summed E-state index contributed by atoms with van der Waals surface area (Å²) in [5, 5.41) is 0. The van der Waals surface area contributed by atoms with Crippen LogP contribution in [0.5, 0.6) is 5.75 Å². The first-order valence-electron chi connectivity index (χ1n) is 5.02. The molecule has 1 aromatic carbocycles. The number of carbonyl (C=O) groups is 1. The lowest BCUT2D eigenvalue weighted by molar-refractivity contribution is -0.250. The second-order valence-corrected chi connectivity index (χ2v) is 3.72. The molecule has 0 spiro atoms. The van der Waals surface area contributed by atoms with Crippen LogP contribution >= 0.6 is 0 Å². The summed E-state index contributed by atoms with van der Waals surface area (Å²) in [5.74, 6) is -0.590. The molecule has 2 rings (SSSR count). The standard InChI is InChI=1S/C12H9F3O3/c1-17-9-4-2-8(3-5-9)11(12(13,14)15)7-6-10(16)18-11/h2-7H,1H3. The lowest BCUT2D eigenvalue weighted by atomic mass is 9.93. The van der Waals surface area contributed by atoms with Gasteiger partial charge < -0.3 is 9.47 Å². The summed E-state index contributed by atoms with van der Waals surface area (Å²) in [4.78, 5) is 11.0. The Morgan fingerprint density at radius 2 is 1.83 bits per heavy atom. The van der Waals surface area contributed by atoms with E-state index in [0.29, 0.717) is 5.75 Å². The Hall–Kier alpha value is -1.98. The van der Waals surface area contributed by atoms with Gasteiger partial charge >= 0.3 is 12.1 Å². The Bertz CT molecular complexity index is 490. The van der Waals surface area contributed by atoms with E-state index in [1.54, 1.807) is 0 Å². The van der Waals surface area contributed by atoms with Crippen LogP contribution in [0.25, 0.3) is 0 Å². The molecule has 1 unspecified atom stereocenters. The van der Waals surface area contributed by atoms with Crippen molar-refractivity contribution in [3.8, 4) is 5.75 Å². The molecule has 3 nitrogen and oxygen atoms in total. The van der Waals surface area contributed by atoms with Gasteiger partial charge in [-0.2, -0.15) is 13.2 Å². The maximum absolute atomic E-state index is 13.1. The fourth-order valence-corrected chi connectivity index (χ4v) is 1.72. The summed E-state index contributed by atoms with van der Waals surface area (Å²) in [6, 6.07) is 5.19. The predicted octanol–water partition coefficient (Wildman–Crippen LogP) is 2.57. The predicted molar refractivity (Wildman–Crippen MR) is 56.0 cm³/mol. The number of benzene rings is 1. The molecule has 0 saturated heterocycles. The lowest BCUT2D eigenvalue weighted by Gasteiger charge is -2.29. The van der Waals surface area contributed by atoms with Crippen LogP contribution in [0.1, 0.15) is 5.56 Å². The molecule has 0 amide bonds. The third-order valence-corrected chi connectivity index (χ3v) is 2.66. The Kier molecular flexibility index (Phi) is 2.80. The van der Waals surface area contributed by atoms with Gasteiger partial charge in [0.05, 0.1) is 7.11 Å². The molecule has 0 aliphatic carbocycles. The topological polar surface area (TPSA) is 35.5 Å². The number of rotatable bonds is 2. The second-order valence-electron chi connectivity index (χ2n) is 3.72. The molecule has 0 N–H and O–H groups in total. The minimum Gasteiger partial charge on any atom is -0.497 e. The van der Waals surface area contributed by atoms with Crippen LogP contribution in [0.4, 0.5) is 13.2 Å². The fraction of sp³-hybridized carbons (Fsp3) is 0.250. The highest BCUT2D eigenvalue weighted by atomic mass is 19.4. The molecular weight excluding hydrogens is 249 g/mol. The number of hydrogen-bond acceptors (Lipinski definition) is 3. The summed E-state index contributed by atoms with van der Waals surface area (Å²) < 4.78 is 48.6. The van der Waals surface area contributed by atoms with E-state index in [1.807, 2.05) is 0 Å². The van der Waals surface area contributed by atoms with Crippen molar-refractivity contribution in [1.29, 1.82) is 0 Å². The largest absolute Gasteiger partial charge is 0.497 e. The quantitative estimate of drug-likeness (QED) is 0.765. The maximum Gasteiger partial charge on any atom is 0.436 e. The SMILES string of the molecule is COc1ccc(C2(C(F)(F)F)C=CC(=O)O2)cc1. The average molecular weight is 258 g/mol. The molecule has 1 aliphatic heterocycles. The van der Waals surface area contributed by atoms with Crippen molar-refractivity contribution in [1.82, 2.24) is 0 Å². The van der Waals surface area contributed by atoms with Gasteiger partial charge in [-0.3, -0.25) is 0 Å². The first kappa shape index (κ1) is 12.5. The summed E-state index contributed by atoms with van der Waals surface area (Å²) in [6.45, 7) is 0. The molecule has 6 heteroatoms. The van der Waals surface area contributed by atoms with E-state index in [0.717, 1.165) is 12.2 Å². The Morgan fingerprint density at radius 3 is 2.22 bits per heavy atom. The third kappa shape index (κ3) is 1.83. The molecule has 18 heavy (non-hydrogen) atoms. The molecule has 96 valence electrons. The smallest absolute Gasteiger partial charge is 0.436 e. The molecule has 0 radical (unpaired) electrons. The maximum atomic E-state index is 13.1. The van der Waals surface area contributed by atoms with E-state index in [1.165, 1.54) is 31.4 Å². The third-order valence-electron chi connectivity index (χ3n) is 2.66. The van der Waals surface area contributed by atoms with Gasteiger partial charge in [0.1, 0.15) is 5.75 Å². The molecular formula is C12H9F3O3. The zero-order valence-corrected chi connectivity index (χ0v) is 9.32. The summed E-state index contributed by atoms with van der Waals surface area (Å²) in [7, 11) is 1.41. The number of hydrogen-bond donors (Lipinski definition) is 0. The zero-order valence-electron chi connectivity index (χ0n) is 9.32. The Morgan fingerprint density at radius 1 is 1.22 bits per heavy atom. The van der Waals surface area contributed by atoms with E-state index in [2.05, 4.69) is 4.74 Å². The fourth-order valence-electron chi connectivity index (χ4n) is 1.72. The minimum atomic E-state index is -4.72. The number of carbonyl (C=O) groups excluding carboxylic acids is 1. The molecule has 0 bridgehead atoms. The van der Waals surface area contributed by atoms with Crippen molar-refractivity contribution in [3.05, 3.63) is 42.0 Å². The van der Waals surface area contributed by atoms with E-state index >= 15 is 0 Å². The van der Waals surface area contributed by atoms with Gasteiger partial charge in [0, 0.05) is 11.6 Å². The van der Waals surface area contributed by atoms with Gasteiger partial charge in [-0.1, -0.05) is 12.1 Å². The van der Waals surface area contributed by atoms with Crippen molar-refractivity contribution >= 4 is 5.97 Å². The number of ether oxygens (including phenoxy) is 2. The number of halogens is 3. The monoisotopic (exact) mass is 258 g/mol. The van der Waals surface area contributed by atoms with Crippen LogP contribution in [-0.2, 0) is 15.1 Å². The number of alkyl halides is 3. The van der Waals surface area contributed by atoms with Crippen LogP contribution in [0.3, 0.4) is 0 Å². The Balaban J connectivity index is 2.48. The average Bonchev–Trinajstić information content (AvgIpc) is 2.72. The molecule has 1 heterocycles. The molecule has 0 fully saturated rings. The summed E-state index contributed by atoms with van der Waals surface area (Å²) in [5.41, 5.74) is -2.87. The summed E-state index contributed by atoms with van der Waals surface area (Å²) >= 11 is 0. The highest BCUT2D eigenvalue weighted by Crippen LogP contribution is 2.46. The first-order chi connectivity index (χ1) is 8.39. The van der Waals surface area contributed by atoms with E-state index < -0.39 is 17.7 Å². The van der Waals surface area contributed by atoms with Gasteiger partial charge in [-0.15, -0.1) is 0 Å². The van der Waals surface area contributed by atoms with E-state index in [4.69, 9.17) is 4.74 Å². The number of cyclic esters (lactones) is 1. The molecule has 0 aromatic heterocycles. The molecule has 1 aromatic rings. The minimum absolute atomic E-state index is 0.169. The normalized spacial score (nSPS) is 23.0. The van der Waals surface area contributed by atoms with Crippen LogP contribution in [-0.4, -0.2) is 19.3 Å². The van der Waals surface area contributed by atoms with E-state index in [-0.39, 0.29) is 5.56 Å². The van der Waals surface area contributed by atoms with Crippen LogP contribution in [0, 0.1) is 0 Å². The van der Waals surface area contributed by atoms with Crippen molar-refractivity contribution in [2.45, 2.75) is 11.8 Å². The van der Waals surface area contributed by atoms with Crippen molar-refractivity contribution in [2.75, 3.05) is 7.11 Å². The number of esters is 1. The van der Waals surface area contributed by atoms with Crippen molar-refractivity contribution < 1.29 is 27.4 Å². The lowest BCUT2D eigenvalue weighted by Crippen LogP contribution is -2.41. The molecule has 1 atom stereocenters. The van der Waals surface area contributed by atoms with Crippen LogP contribution in [0.15, 0.2) is 36.4 Å². The van der Waals surface area contributed by atoms with Gasteiger partial charge in [-0.05, 0) is 18.2 Å². The van der Waals surface area contributed by atoms with E-state index in [9.17, 15) is 18.0 Å². The van der Waals surface area contributed by atoms with Gasteiger partial charge in [0.15, 0.2) is 0 Å². The Labute approximate surface area is 101 Å². The first-order valence-corrected chi connectivity index (χ1v) is 5.02. The van der Waals surface area contributed by atoms with Gasteiger partial charge in [0.25, 0.3) is 5.60 Å². The molecule has 0 saturated carbocycles. The van der Waals surface area contributed by atoms with Gasteiger partial charge in [-0.25, -0.2) is 4.79 Å². The zero-order chi connectivity index (χ0) is 13.4. The number of methoxy groups -OCH3 is 1.